The van der Waals surface area contributed by atoms with Gasteiger partial charge in [-0.1, -0.05) is 30.1 Å². The van der Waals surface area contributed by atoms with Crippen molar-refractivity contribution in [1.29, 1.82) is 0 Å². The Kier molecular flexibility index (Phi) is 9.34. The first-order valence-electron chi connectivity index (χ1n) is 14.7. The number of carbonyl (C=O) groups is 1. The highest BCUT2D eigenvalue weighted by molar-refractivity contribution is 7.11. The number of ether oxygens (including phenoxy) is 3. The summed E-state index contributed by atoms with van der Waals surface area (Å²) in [7, 11) is 1.55. The topological polar surface area (TPSA) is 98.7 Å². The quantitative estimate of drug-likeness (QED) is 0.184. The molecule has 1 N–H and O–H groups in total. The van der Waals surface area contributed by atoms with Gasteiger partial charge in [0.1, 0.15) is 35.6 Å². The number of benzene rings is 2. The first-order valence-corrected chi connectivity index (χ1v) is 15.6. The molecule has 2 aliphatic rings. The number of thiazole rings is 1. The zero-order chi connectivity index (χ0) is 32.0. The van der Waals surface area contributed by atoms with Crippen molar-refractivity contribution in [3.8, 4) is 22.4 Å². The normalized spacial score (nSPS) is 16.5. The van der Waals surface area contributed by atoms with Gasteiger partial charge in [-0.3, -0.25) is 4.79 Å². The van der Waals surface area contributed by atoms with Crippen LogP contribution in [0.2, 0.25) is 0 Å². The van der Waals surface area contributed by atoms with Crippen LogP contribution in [0.1, 0.15) is 31.4 Å². The predicted molar refractivity (Wildman–Crippen MR) is 174 cm³/mol. The largest absolute Gasteiger partial charge is 0.493 e. The van der Waals surface area contributed by atoms with E-state index in [0.29, 0.717) is 77.0 Å². The number of hydrogen-bond donors (Lipinski definition) is 1. The molecule has 12 heteroatoms. The van der Waals surface area contributed by atoms with Gasteiger partial charge in [0.05, 0.1) is 24.0 Å². The lowest BCUT2D eigenvalue weighted by molar-refractivity contribution is -0.127. The van der Waals surface area contributed by atoms with Crippen LogP contribution < -0.4 is 19.5 Å². The number of anilines is 2. The SMILES string of the molecule is C=CC(=O)N1CCC(Oc2cc3c(Nc4ccc(Oc5nc(C6=C/C(F)=C\CCC=C6)cs5)cc4F)ncnc3cc2OC)CC1. The van der Waals surface area contributed by atoms with Crippen LogP contribution in [0.3, 0.4) is 0 Å². The number of halogens is 2. The number of rotatable bonds is 9. The van der Waals surface area contributed by atoms with E-state index in [4.69, 9.17) is 14.2 Å². The highest BCUT2D eigenvalue weighted by Crippen LogP contribution is 2.37. The van der Waals surface area contributed by atoms with E-state index in [2.05, 4.69) is 26.8 Å². The molecular formula is C34H31F2N5O4S. The molecule has 1 fully saturated rings. The zero-order valence-corrected chi connectivity index (χ0v) is 25.9. The number of hydrogen-bond acceptors (Lipinski definition) is 9. The summed E-state index contributed by atoms with van der Waals surface area (Å²) in [6.45, 7) is 4.69. The third-order valence-corrected chi connectivity index (χ3v) is 8.30. The molecule has 1 amide bonds. The van der Waals surface area contributed by atoms with E-state index in [9.17, 15) is 9.18 Å². The van der Waals surface area contributed by atoms with Crippen molar-refractivity contribution >= 4 is 45.2 Å². The molecule has 0 radical (unpaired) electrons. The van der Waals surface area contributed by atoms with Crippen LogP contribution in [0, 0.1) is 5.82 Å². The lowest BCUT2D eigenvalue weighted by Crippen LogP contribution is -2.41. The molecule has 0 spiro atoms. The van der Waals surface area contributed by atoms with E-state index in [1.165, 1.54) is 35.9 Å². The van der Waals surface area contributed by atoms with Gasteiger partial charge in [-0.25, -0.2) is 23.7 Å². The Labute approximate surface area is 268 Å². The van der Waals surface area contributed by atoms with Gasteiger partial charge in [-0.15, -0.1) is 0 Å². The molecule has 0 saturated carbocycles. The Balaban J connectivity index is 1.18. The van der Waals surface area contributed by atoms with Crippen molar-refractivity contribution in [2.24, 2.45) is 0 Å². The highest BCUT2D eigenvalue weighted by Gasteiger charge is 2.24. The number of allylic oxidation sites excluding steroid dienone is 6. The maximum atomic E-state index is 15.3. The number of piperidine rings is 1. The Morgan fingerprint density at radius 3 is 2.76 bits per heavy atom. The molecule has 4 aromatic rings. The molecule has 236 valence electrons. The van der Waals surface area contributed by atoms with E-state index in [1.807, 2.05) is 12.2 Å². The first kappa shape index (κ1) is 30.9. The molecule has 46 heavy (non-hydrogen) atoms. The highest BCUT2D eigenvalue weighted by atomic mass is 32.1. The average Bonchev–Trinajstić information content (AvgIpc) is 3.52. The summed E-state index contributed by atoms with van der Waals surface area (Å²) in [6, 6.07) is 7.94. The van der Waals surface area contributed by atoms with Gasteiger partial charge in [0, 0.05) is 54.4 Å². The van der Waals surface area contributed by atoms with Crippen molar-refractivity contribution in [3.63, 3.8) is 0 Å². The summed E-state index contributed by atoms with van der Waals surface area (Å²) < 4.78 is 47.1. The second kappa shape index (κ2) is 13.9. The van der Waals surface area contributed by atoms with E-state index in [1.54, 1.807) is 47.7 Å². The lowest BCUT2D eigenvalue weighted by atomic mass is 10.1. The monoisotopic (exact) mass is 643 g/mol. The molecule has 1 saturated heterocycles. The maximum Gasteiger partial charge on any atom is 0.279 e. The fraction of sp³-hybridized carbons (Fsp3) is 0.235. The van der Waals surface area contributed by atoms with Gasteiger partial charge in [0.25, 0.3) is 5.19 Å². The van der Waals surface area contributed by atoms with E-state index in [0.717, 1.165) is 6.42 Å². The first-order chi connectivity index (χ1) is 22.4. The summed E-state index contributed by atoms with van der Waals surface area (Å²) in [5, 5.41) is 5.74. The summed E-state index contributed by atoms with van der Waals surface area (Å²) in [6.07, 6.45) is 12.1. The van der Waals surface area contributed by atoms with Crippen LogP contribution in [0.5, 0.6) is 22.4 Å². The summed E-state index contributed by atoms with van der Waals surface area (Å²) in [4.78, 5) is 26.9. The minimum absolute atomic E-state index is 0.0923. The van der Waals surface area contributed by atoms with E-state index >= 15 is 4.39 Å². The van der Waals surface area contributed by atoms with Gasteiger partial charge in [0.15, 0.2) is 11.5 Å². The minimum Gasteiger partial charge on any atom is -0.493 e. The Bertz CT molecular complexity index is 1860. The predicted octanol–water partition coefficient (Wildman–Crippen LogP) is 7.91. The van der Waals surface area contributed by atoms with Crippen LogP contribution >= 0.6 is 11.3 Å². The average molecular weight is 644 g/mol. The number of nitrogens with zero attached hydrogens (tertiary/aromatic N) is 4. The number of amides is 1. The standard InChI is InChI=1S/C34H31F2N5O4S/c1-3-32(42)41-13-11-23(12-14-41)44-31-17-25-28(18-30(31)43-2)37-20-38-33(25)39-27-10-9-24(16-26(27)36)45-34-40-29(19-46-34)21-7-5-4-6-8-22(35)15-21/h3,5,7-10,15-20,23H,1,4,6,11-14H2,2H3,(H,37,38,39)/b7-5?,21-15?,22-8+. The second-order valence-electron chi connectivity index (χ2n) is 10.6. The molecule has 0 unspecified atom stereocenters. The third kappa shape index (κ3) is 7.07. The summed E-state index contributed by atoms with van der Waals surface area (Å²) in [5.41, 5.74) is 1.97. The molecule has 1 aliphatic heterocycles. The fourth-order valence-electron chi connectivity index (χ4n) is 5.19. The van der Waals surface area contributed by atoms with E-state index in [-0.39, 0.29) is 29.3 Å². The molecule has 2 aromatic heterocycles. The molecule has 0 atom stereocenters. The number of likely N-dealkylation sites (tertiary alicyclic amines) is 1. The molecule has 1 aliphatic carbocycles. The van der Waals surface area contributed by atoms with Gasteiger partial charge < -0.3 is 24.4 Å². The number of carbonyl (C=O) groups excluding carboxylic acids is 1. The third-order valence-electron chi connectivity index (χ3n) is 7.58. The summed E-state index contributed by atoms with van der Waals surface area (Å²) in [5.74, 6) is 0.670. The van der Waals surface area contributed by atoms with Gasteiger partial charge in [-0.05, 0) is 49.3 Å². The van der Waals surface area contributed by atoms with Crippen LogP contribution in [-0.4, -0.2) is 52.1 Å². The molecule has 2 aromatic carbocycles. The molecular weight excluding hydrogens is 612 g/mol. The molecule has 0 bridgehead atoms. The van der Waals surface area contributed by atoms with Crippen molar-refractivity contribution < 1.29 is 27.8 Å². The van der Waals surface area contributed by atoms with Crippen molar-refractivity contribution in [2.45, 2.75) is 31.8 Å². The summed E-state index contributed by atoms with van der Waals surface area (Å²) >= 11 is 1.24. The van der Waals surface area contributed by atoms with Crippen LogP contribution in [0.4, 0.5) is 20.3 Å². The number of fused-ring (bicyclic) bond motifs is 1. The van der Waals surface area contributed by atoms with Gasteiger partial charge in [-0.2, -0.15) is 0 Å². The molecule has 9 nitrogen and oxygen atoms in total. The molecule has 3 heterocycles. The van der Waals surface area contributed by atoms with Crippen LogP contribution in [-0.2, 0) is 4.79 Å². The van der Waals surface area contributed by atoms with Crippen molar-refractivity contribution in [2.75, 3.05) is 25.5 Å². The lowest BCUT2D eigenvalue weighted by Gasteiger charge is -2.31. The Morgan fingerprint density at radius 2 is 1.98 bits per heavy atom. The molecule has 6 rings (SSSR count). The number of nitrogens with one attached hydrogen (secondary N) is 1. The number of aromatic nitrogens is 3. The maximum absolute atomic E-state index is 15.3. The number of methoxy groups -OCH3 is 1. The second-order valence-corrected chi connectivity index (χ2v) is 11.4. The fourth-order valence-corrected chi connectivity index (χ4v) is 5.88. The Morgan fingerprint density at radius 1 is 1.13 bits per heavy atom. The van der Waals surface area contributed by atoms with Gasteiger partial charge in [0.2, 0.25) is 5.91 Å². The zero-order valence-electron chi connectivity index (χ0n) is 25.0. The minimum atomic E-state index is -0.565. The van der Waals surface area contributed by atoms with Crippen molar-refractivity contribution in [1.82, 2.24) is 19.9 Å². The van der Waals surface area contributed by atoms with Crippen molar-refractivity contribution in [3.05, 3.63) is 96.3 Å². The van der Waals surface area contributed by atoms with E-state index < -0.39 is 5.82 Å². The van der Waals surface area contributed by atoms with Gasteiger partial charge >= 0.3 is 0 Å². The van der Waals surface area contributed by atoms with Crippen LogP contribution in [0.15, 0.2) is 84.8 Å². The smallest absolute Gasteiger partial charge is 0.279 e. The van der Waals surface area contributed by atoms with Crippen LogP contribution in [0.25, 0.3) is 16.5 Å². The Hall–Kier alpha value is -5.10.